The summed E-state index contributed by atoms with van der Waals surface area (Å²) in [6.45, 7) is 5.64. The van der Waals surface area contributed by atoms with Crippen LogP contribution in [0.5, 0.6) is 0 Å². The molecule has 0 fully saturated rings. The molecule has 0 saturated carbocycles. The first kappa shape index (κ1) is 12.6. The van der Waals surface area contributed by atoms with Crippen molar-refractivity contribution in [1.82, 2.24) is 5.32 Å². The smallest absolute Gasteiger partial charge is 0.0897 e. The molecule has 4 heteroatoms. The van der Waals surface area contributed by atoms with Gasteiger partial charge in [0.15, 0.2) is 0 Å². The van der Waals surface area contributed by atoms with E-state index in [0.717, 1.165) is 0 Å². The molecule has 1 aromatic heterocycles. The summed E-state index contributed by atoms with van der Waals surface area (Å²) in [6.07, 6.45) is -0.424. The lowest BCUT2D eigenvalue weighted by Crippen LogP contribution is -2.31. The summed E-state index contributed by atoms with van der Waals surface area (Å²) < 4.78 is 5.13. The predicted octanol–water partition coefficient (Wildman–Crippen LogP) is 1.80. The lowest BCUT2D eigenvalue weighted by atomic mass is 10.2. The number of rotatable bonds is 7. The maximum Gasteiger partial charge on any atom is 0.0897 e. The van der Waals surface area contributed by atoms with Gasteiger partial charge in [-0.1, -0.05) is 6.07 Å². The lowest BCUT2D eigenvalue weighted by Gasteiger charge is -2.15. The number of hydrogen-bond donors (Lipinski definition) is 2. The molecule has 1 unspecified atom stereocenters. The van der Waals surface area contributed by atoms with E-state index in [-0.39, 0.29) is 0 Å². The third-order valence-corrected chi connectivity index (χ3v) is 3.20. The molecule has 86 valence electrons. The maximum atomic E-state index is 9.54. The largest absolute Gasteiger partial charge is 0.389 e. The molecular formula is C11H19NO2S. The number of ether oxygens (including phenoxy) is 1. The average Bonchev–Trinajstić information content (AvgIpc) is 2.76. The maximum absolute atomic E-state index is 9.54. The summed E-state index contributed by atoms with van der Waals surface area (Å²) in [7, 11) is 0. The zero-order valence-electron chi connectivity index (χ0n) is 9.27. The molecule has 15 heavy (non-hydrogen) atoms. The molecule has 2 N–H and O–H groups in total. The minimum absolute atomic E-state index is 0.293. The van der Waals surface area contributed by atoms with Crippen LogP contribution in [0.2, 0.25) is 0 Å². The van der Waals surface area contributed by atoms with Gasteiger partial charge in [0.1, 0.15) is 0 Å². The Morgan fingerprint density at radius 2 is 2.40 bits per heavy atom. The first-order chi connectivity index (χ1) is 7.24. The number of nitrogens with one attached hydrogen (secondary N) is 1. The topological polar surface area (TPSA) is 41.5 Å². The van der Waals surface area contributed by atoms with Crippen molar-refractivity contribution in [3.63, 3.8) is 0 Å². The van der Waals surface area contributed by atoms with Crippen LogP contribution >= 0.6 is 11.3 Å². The number of aliphatic hydroxyl groups is 1. The molecule has 0 bridgehead atoms. The predicted molar refractivity (Wildman–Crippen MR) is 63.2 cm³/mol. The highest BCUT2D eigenvalue weighted by molar-refractivity contribution is 7.10. The van der Waals surface area contributed by atoms with Gasteiger partial charge in [-0.25, -0.2) is 0 Å². The summed E-state index contributed by atoms with van der Waals surface area (Å²) in [5, 5.41) is 14.9. The van der Waals surface area contributed by atoms with Crippen molar-refractivity contribution >= 4 is 11.3 Å². The monoisotopic (exact) mass is 229 g/mol. The summed E-state index contributed by atoms with van der Waals surface area (Å²) in [5.74, 6) is 0. The summed E-state index contributed by atoms with van der Waals surface area (Å²) in [4.78, 5) is 1.29. The van der Waals surface area contributed by atoms with Gasteiger partial charge < -0.3 is 15.2 Å². The van der Waals surface area contributed by atoms with Gasteiger partial charge in [0.2, 0.25) is 0 Å². The minimum Gasteiger partial charge on any atom is -0.389 e. The average molecular weight is 229 g/mol. The van der Waals surface area contributed by atoms with E-state index in [1.54, 1.807) is 11.3 Å². The SMILES string of the molecule is CCOCC(O)CN[C@@H](C)c1cccs1. The van der Waals surface area contributed by atoms with Crippen molar-refractivity contribution in [1.29, 1.82) is 0 Å². The summed E-state index contributed by atoms with van der Waals surface area (Å²) in [6, 6.07) is 4.42. The van der Waals surface area contributed by atoms with E-state index in [9.17, 15) is 5.11 Å². The molecule has 0 aromatic carbocycles. The van der Waals surface area contributed by atoms with E-state index < -0.39 is 6.10 Å². The Bertz CT molecular complexity index is 251. The Labute approximate surface area is 95.1 Å². The molecule has 0 saturated heterocycles. The van der Waals surface area contributed by atoms with Crippen molar-refractivity contribution in [2.75, 3.05) is 19.8 Å². The Balaban J connectivity index is 2.19. The van der Waals surface area contributed by atoms with Crippen LogP contribution in [0.1, 0.15) is 24.8 Å². The van der Waals surface area contributed by atoms with E-state index in [0.29, 0.717) is 25.8 Å². The van der Waals surface area contributed by atoms with Crippen molar-refractivity contribution < 1.29 is 9.84 Å². The Morgan fingerprint density at radius 1 is 1.60 bits per heavy atom. The van der Waals surface area contributed by atoms with E-state index >= 15 is 0 Å². The molecule has 1 rings (SSSR count). The Kier molecular flexibility index (Phi) is 5.86. The van der Waals surface area contributed by atoms with Gasteiger partial charge in [-0.15, -0.1) is 11.3 Å². The van der Waals surface area contributed by atoms with Crippen LogP contribution in [0.25, 0.3) is 0 Å². The molecular weight excluding hydrogens is 210 g/mol. The number of thiophene rings is 1. The van der Waals surface area contributed by atoms with Crippen LogP contribution in [0.3, 0.4) is 0 Å². The fourth-order valence-corrected chi connectivity index (χ4v) is 2.02. The molecule has 0 amide bonds. The Hall–Kier alpha value is -0.420. The van der Waals surface area contributed by atoms with Crippen molar-refractivity contribution in [3.05, 3.63) is 22.4 Å². The van der Waals surface area contributed by atoms with Gasteiger partial charge in [0.25, 0.3) is 0 Å². The van der Waals surface area contributed by atoms with Crippen LogP contribution in [0, 0.1) is 0 Å². The highest BCUT2D eigenvalue weighted by Gasteiger charge is 2.08. The number of aliphatic hydroxyl groups excluding tert-OH is 1. The molecule has 2 atom stereocenters. The van der Waals surface area contributed by atoms with Gasteiger partial charge >= 0.3 is 0 Å². The second-order valence-corrected chi connectivity index (χ2v) is 4.44. The molecule has 0 radical (unpaired) electrons. The van der Waals surface area contributed by atoms with Crippen LogP contribution in [-0.2, 0) is 4.74 Å². The van der Waals surface area contributed by atoms with Gasteiger partial charge in [0.05, 0.1) is 12.7 Å². The van der Waals surface area contributed by atoms with Crippen LogP contribution in [0.15, 0.2) is 17.5 Å². The molecule has 1 aromatic rings. The zero-order chi connectivity index (χ0) is 11.1. The molecule has 0 aliphatic heterocycles. The van der Waals surface area contributed by atoms with E-state index in [1.807, 2.05) is 13.0 Å². The molecule has 3 nitrogen and oxygen atoms in total. The Morgan fingerprint density at radius 3 is 3.00 bits per heavy atom. The fourth-order valence-electron chi connectivity index (χ4n) is 1.26. The molecule has 0 aliphatic rings. The normalized spacial score (nSPS) is 15.1. The second-order valence-electron chi connectivity index (χ2n) is 3.46. The van der Waals surface area contributed by atoms with Gasteiger partial charge in [-0.2, -0.15) is 0 Å². The highest BCUT2D eigenvalue weighted by atomic mass is 32.1. The van der Waals surface area contributed by atoms with Crippen molar-refractivity contribution in [2.24, 2.45) is 0 Å². The molecule has 0 aliphatic carbocycles. The third-order valence-electron chi connectivity index (χ3n) is 2.14. The first-order valence-corrected chi connectivity index (χ1v) is 6.14. The van der Waals surface area contributed by atoms with E-state index in [4.69, 9.17) is 4.74 Å². The van der Waals surface area contributed by atoms with Gasteiger partial charge in [0, 0.05) is 24.1 Å². The van der Waals surface area contributed by atoms with E-state index in [1.165, 1.54) is 4.88 Å². The molecule has 0 spiro atoms. The van der Waals surface area contributed by atoms with Gasteiger partial charge in [-0.05, 0) is 25.3 Å². The quantitative estimate of drug-likeness (QED) is 0.749. The number of hydrogen-bond acceptors (Lipinski definition) is 4. The summed E-state index contributed by atoms with van der Waals surface area (Å²) in [5.41, 5.74) is 0. The molecule has 1 heterocycles. The zero-order valence-corrected chi connectivity index (χ0v) is 10.1. The second kappa shape index (κ2) is 6.95. The van der Waals surface area contributed by atoms with Crippen LogP contribution in [0.4, 0.5) is 0 Å². The third kappa shape index (κ3) is 4.75. The van der Waals surface area contributed by atoms with Crippen LogP contribution in [-0.4, -0.2) is 31.0 Å². The van der Waals surface area contributed by atoms with Crippen molar-refractivity contribution in [3.8, 4) is 0 Å². The van der Waals surface area contributed by atoms with Gasteiger partial charge in [-0.3, -0.25) is 0 Å². The van der Waals surface area contributed by atoms with E-state index in [2.05, 4.69) is 23.7 Å². The fraction of sp³-hybridized carbons (Fsp3) is 0.636. The standard InChI is InChI=1S/C11H19NO2S/c1-3-14-8-10(13)7-12-9(2)11-5-4-6-15-11/h4-6,9-10,12-13H,3,7-8H2,1-2H3/t9-,10?/m0/s1. The minimum atomic E-state index is -0.424. The van der Waals surface area contributed by atoms with Crippen molar-refractivity contribution in [2.45, 2.75) is 26.0 Å². The summed E-state index contributed by atoms with van der Waals surface area (Å²) >= 11 is 1.73. The van der Waals surface area contributed by atoms with Crippen LogP contribution < -0.4 is 5.32 Å². The lowest BCUT2D eigenvalue weighted by molar-refractivity contribution is 0.0417. The first-order valence-electron chi connectivity index (χ1n) is 5.26. The highest BCUT2D eigenvalue weighted by Crippen LogP contribution is 2.17.